The Morgan fingerprint density at radius 1 is 0.677 bits per heavy atom. The Kier molecular flexibility index (Phi) is 24.6. The van der Waals surface area contributed by atoms with Crippen LogP contribution in [-0.4, -0.2) is 48.7 Å². The maximum absolute atomic E-state index is 10.5. The van der Waals surface area contributed by atoms with E-state index >= 15 is 0 Å². The number of hydrogen-bond donors (Lipinski definition) is 2. The topological polar surface area (TPSA) is 76.0 Å². The third kappa shape index (κ3) is 25.2. The minimum Gasteiger partial charge on any atom is -0.479 e. The summed E-state index contributed by atoms with van der Waals surface area (Å²) in [6.07, 6.45) is 23.6. The quantitative estimate of drug-likeness (QED) is 0.122. The first-order chi connectivity index (χ1) is 15.2. The molecule has 0 saturated carbocycles. The van der Waals surface area contributed by atoms with Gasteiger partial charge in [-0.2, -0.15) is 0 Å². The van der Waals surface area contributed by atoms with Crippen LogP contribution in [0.1, 0.15) is 116 Å². The maximum Gasteiger partial charge on any atom is 0.332 e. The van der Waals surface area contributed by atoms with Gasteiger partial charge in [-0.3, -0.25) is 0 Å². The Labute approximate surface area is 191 Å². The summed E-state index contributed by atoms with van der Waals surface area (Å²) in [6, 6.07) is 0. The molecule has 0 fully saturated rings. The number of aliphatic hydroxyl groups excluding tert-OH is 1. The minimum atomic E-state index is -1.26. The van der Waals surface area contributed by atoms with Gasteiger partial charge in [-0.05, 0) is 26.2 Å². The molecule has 0 spiro atoms. The standard InChI is InChI=1S/C26H50O5/c1-2-30-23-24-31-22-20-18-16-14-12-10-8-6-4-3-5-7-9-11-13-15-17-19-21-25(27)26(28)29/h17,19,25,27H,2-16,18,20-24H2,1H3,(H,28,29). The van der Waals surface area contributed by atoms with Crippen molar-refractivity contribution in [1.29, 1.82) is 0 Å². The first-order valence-corrected chi connectivity index (χ1v) is 12.9. The van der Waals surface area contributed by atoms with Gasteiger partial charge >= 0.3 is 5.97 Å². The van der Waals surface area contributed by atoms with E-state index in [9.17, 15) is 4.79 Å². The van der Waals surface area contributed by atoms with Crippen LogP contribution in [-0.2, 0) is 14.3 Å². The van der Waals surface area contributed by atoms with E-state index in [0.29, 0.717) is 0 Å². The number of allylic oxidation sites excluding steroid dienone is 1. The molecule has 1 unspecified atom stereocenters. The van der Waals surface area contributed by atoms with E-state index in [-0.39, 0.29) is 6.42 Å². The lowest BCUT2D eigenvalue weighted by atomic mass is 10.0. The van der Waals surface area contributed by atoms with Crippen LogP contribution in [0.25, 0.3) is 0 Å². The average molecular weight is 443 g/mol. The predicted molar refractivity (Wildman–Crippen MR) is 129 cm³/mol. The molecule has 0 heterocycles. The lowest BCUT2D eigenvalue weighted by molar-refractivity contribution is -0.146. The molecular weight excluding hydrogens is 392 g/mol. The average Bonchev–Trinajstić information content (AvgIpc) is 2.76. The van der Waals surface area contributed by atoms with E-state index in [2.05, 4.69) is 0 Å². The molecule has 0 aliphatic heterocycles. The van der Waals surface area contributed by atoms with Gasteiger partial charge in [-0.15, -0.1) is 0 Å². The fourth-order valence-electron chi connectivity index (χ4n) is 3.57. The molecule has 2 N–H and O–H groups in total. The molecule has 0 aromatic heterocycles. The van der Waals surface area contributed by atoms with Crippen molar-refractivity contribution in [1.82, 2.24) is 0 Å². The number of aliphatic hydroxyl groups is 1. The first kappa shape index (κ1) is 30.1. The van der Waals surface area contributed by atoms with Gasteiger partial charge in [0.05, 0.1) is 13.2 Å². The second kappa shape index (κ2) is 25.4. The highest BCUT2D eigenvalue weighted by Gasteiger charge is 2.09. The highest BCUT2D eigenvalue weighted by Crippen LogP contribution is 2.14. The van der Waals surface area contributed by atoms with Crippen LogP contribution in [0.3, 0.4) is 0 Å². The molecule has 0 aliphatic carbocycles. The van der Waals surface area contributed by atoms with Crippen molar-refractivity contribution >= 4 is 5.97 Å². The van der Waals surface area contributed by atoms with E-state index in [0.717, 1.165) is 39.3 Å². The summed E-state index contributed by atoms with van der Waals surface area (Å²) < 4.78 is 10.8. The third-order valence-corrected chi connectivity index (χ3v) is 5.55. The smallest absolute Gasteiger partial charge is 0.332 e. The van der Waals surface area contributed by atoms with Crippen LogP contribution in [0.4, 0.5) is 0 Å². The van der Waals surface area contributed by atoms with Crippen molar-refractivity contribution in [3.8, 4) is 0 Å². The van der Waals surface area contributed by atoms with Gasteiger partial charge in [0.25, 0.3) is 0 Å². The molecule has 0 aromatic carbocycles. The fourth-order valence-corrected chi connectivity index (χ4v) is 3.57. The molecule has 31 heavy (non-hydrogen) atoms. The Morgan fingerprint density at radius 2 is 1.13 bits per heavy atom. The van der Waals surface area contributed by atoms with Crippen LogP contribution >= 0.6 is 0 Å². The normalized spacial score (nSPS) is 12.6. The summed E-state index contributed by atoms with van der Waals surface area (Å²) in [5.74, 6) is -1.15. The summed E-state index contributed by atoms with van der Waals surface area (Å²) in [5.41, 5.74) is 0. The first-order valence-electron chi connectivity index (χ1n) is 12.9. The Hall–Kier alpha value is -0.910. The maximum atomic E-state index is 10.5. The molecule has 0 saturated heterocycles. The van der Waals surface area contributed by atoms with Gasteiger partial charge in [-0.25, -0.2) is 4.79 Å². The molecule has 0 radical (unpaired) electrons. The number of carboxylic acid groups (broad SMARTS) is 1. The molecule has 5 heteroatoms. The monoisotopic (exact) mass is 442 g/mol. The highest BCUT2D eigenvalue weighted by atomic mass is 16.5. The van der Waals surface area contributed by atoms with Crippen molar-refractivity contribution in [3.05, 3.63) is 12.2 Å². The molecule has 0 amide bonds. The van der Waals surface area contributed by atoms with Gasteiger partial charge in [-0.1, -0.05) is 95.6 Å². The lowest BCUT2D eigenvalue weighted by Crippen LogP contribution is -2.17. The van der Waals surface area contributed by atoms with Crippen LogP contribution in [0.15, 0.2) is 12.2 Å². The van der Waals surface area contributed by atoms with Crippen molar-refractivity contribution in [2.24, 2.45) is 0 Å². The molecule has 1 atom stereocenters. The van der Waals surface area contributed by atoms with Gasteiger partial charge in [0.2, 0.25) is 0 Å². The van der Waals surface area contributed by atoms with E-state index < -0.39 is 12.1 Å². The second-order valence-corrected chi connectivity index (χ2v) is 8.46. The van der Waals surface area contributed by atoms with Gasteiger partial charge < -0.3 is 19.7 Å². The van der Waals surface area contributed by atoms with Gasteiger partial charge in [0, 0.05) is 19.6 Å². The number of aliphatic carboxylic acids is 1. The van der Waals surface area contributed by atoms with E-state index in [1.165, 1.54) is 89.9 Å². The summed E-state index contributed by atoms with van der Waals surface area (Å²) in [6.45, 7) is 5.12. The summed E-state index contributed by atoms with van der Waals surface area (Å²) in [7, 11) is 0. The van der Waals surface area contributed by atoms with Crippen molar-refractivity contribution in [2.75, 3.05) is 26.4 Å². The van der Waals surface area contributed by atoms with Crippen molar-refractivity contribution < 1.29 is 24.5 Å². The second-order valence-electron chi connectivity index (χ2n) is 8.46. The molecule has 0 aromatic rings. The molecular formula is C26H50O5. The number of unbranched alkanes of at least 4 members (excludes halogenated alkanes) is 15. The number of rotatable bonds is 25. The Bertz CT molecular complexity index is 397. The van der Waals surface area contributed by atoms with E-state index in [4.69, 9.17) is 19.7 Å². The van der Waals surface area contributed by atoms with E-state index in [1.54, 1.807) is 6.08 Å². The zero-order valence-electron chi connectivity index (χ0n) is 20.2. The number of ether oxygens (including phenoxy) is 2. The zero-order valence-corrected chi connectivity index (χ0v) is 20.2. The van der Waals surface area contributed by atoms with Gasteiger partial charge in [0.15, 0.2) is 6.10 Å². The van der Waals surface area contributed by atoms with Crippen LogP contribution in [0.2, 0.25) is 0 Å². The van der Waals surface area contributed by atoms with Crippen LogP contribution in [0, 0.1) is 0 Å². The predicted octanol–water partition coefficient (Wildman–Crippen LogP) is 6.67. The molecule has 0 aliphatic rings. The largest absolute Gasteiger partial charge is 0.479 e. The highest BCUT2D eigenvalue weighted by molar-refractivity contribution is 5.72. The zero-order chi connectivity index (χ0) is 22.8. The molecule has 5 nitrogen and oxygen atoms in total. The summed E-state index contributed by atoms with van der Waals surface area (Å²) in [4.78, 5) is 10.5. The lowest BCUT2D eigenvalue weighted by Gasteiger charge is -2.05. The van der Waals surface area contributed by atoms with Crippen molar-refractivity contribution in [3.63, 3.8) is 0 Å². The van der Waals surface area contributed by atoms with E-state index in [1.807, 2.05) is 13.0 Å². The summed E-state index contributed by atoms with van der Waals surface area (Å²) >= 11 is 0. The third-order valence-electron chi connectivity index (χ3n) is 5.55. The van der Waals surface area contributed by atoms with Crippen molar-refractivity contribution in [2.45, 2.75) is 122 Å². The van der Waals surface area contributed by atoms with Gasteiger partial charge in [0.1, 0.15) is 0 Å². The minimum absolute atomic E-state index is 0.209. The Balaban J connectivity index is 3.09. The Morgan fingerprint density at radius 3 is 1.61 bits per heavy atom. The number of hydrogen-bond acceptors (Lipinski definition) is 4. The fraction of sp³-hybridized carbons (Fsp3) is 0.885. The summed E-state index contributed by atoms with van der Waals surface area (Å²) in [5, 5.41) is 17.7. The molecule has 0 rings (SSSR count). The number of carbonyl (C=O) groups is 1. The SMILES string of the molecule is CCOCCOCCCCCCCCCCCCCCCCCC=CCC(O)C(=O)O. The van der Waals surface area contributed by atoms with Crippen LogP contribution < -0.4 is 0 Å². The van der Waals surface area contributed by atoms with Crippen LogP contribution in [0.5, 0.6) is 0 Å². The molecule has 184 valence electrons. The number of carboxylic acids is 1. The molecule has 0 bridgehead atoms.